The molecule has 2 aliphatic rings. The van der Waals surface area contributed by atoms with Gasteiger partial charge in [-0.25, -0.2) is 0 Å². The van der Waals surface area contributed by atoms with Gasteiger partial charge in [0.05, 0.1) is 6.04 Å². The summed E-state index contributed by atoms with van der Waals surface area (Å²) in [6.45, 7) is 1.62. The van der Waals surface area contributed by atoms with E-state index in [-0.39, 0.29) is 11.9 Å². The fraction of sp³-hybridized carbons (Fsp3) is 0.562. The molecule has 0 aliphatic carbocycles. The van der Waals surface area contributed by atoms with Crippen molar-refractivity contribution in [3.63, 3.8) is 0 Å². The van der Waals surface area contributed by atoms with Crippen molar-refractivity contribution in [2.45, 2.75) is 43.5 Å². The van der Waals surface area contributed by atoms with Crippen molar-refractivity contribution in [1.29, 1.82) is 0 Å². The lowest BCUT2D eigenvalue weighted by atomic mass is 9.95. The first-order valence-corrected chi connectivity index (χ1v) is 8.57. The van der Waals surface area contributed by atoms with E-state index in [9.17, 15) is 4.79 Å². The molecule has 1 saturated heterocycles. The van der Waals surface area contributed by atoms with Crippen LogP contribution in [0.3, 0.4) is 0 Å². The number of thioether (sulfide) groups is 1. The molecule has 2 N–H and O–H groups in total. The highest BCUT2D eigenvalue weighted by atomic mass is 32.2. The average molecular weight is 290 g/mol. The molecular weight excluding hydrogens is 268 g/mol. The minimum absolute atomic E-state index is 0.0708. The molecule has 0 saturated carbocycles. The lowest BCUT2D eigenvalue weighted by Gasteiger charge is -2.27. The third-order valence-electron chi connectivity index (χ3n) is 4.18. The smallest absolute Gasteiger partial charge is 0.237 e. The van der Waals surface area contributed by atoms with Gasteiger partial charge in [-0.2, -0.15) is 11.8 Å². The van der Waals surface area contributed by atoms with Gasteiger partial charge in [-0.3, -0.25) is 4.79 Å². The van der Waals surface area contributed by atoms with Crippen molar-refractivity contribution in [1.82, 2.24) is 10.6 Å². The quantitative estimate of drug-likeness (QED) is 0.896. The van der Waals surface area contributed by atoms with E-state index in [2.05, 4.69) is 34.9 Å². The average Bonchev–Trinajstić information content (AvgIpc) is 2.53. The van der Waals surface area contributed by atoms with Gasteiger partial charge in [0.25, 0.3) is 0 Å². The topological polar surface area (TPSA) is 41.1 Å². The Labute approximate surface area is 124 Å². The van der Waals surface area contributed by atoms with E-state index in [1.54, 1.807) is 0 Å². The number of rotatable bonds is 3. The molecule has 1 unspecified atom stereocenters. The molecule has 2 atom stereocenters. The van der Waals surface area contributed by atoms with Gasteiger partial charge >= 0.3 is 0 Å². The Hall–Kier alpha value is -1.00. The van der Waals surface area contributed by atoms with Crippen LogP contribution < -0.4 is 10.6 Å². The summed E-state index contributed by atoms with van der Waals surface area (Å²) in [5, 5.41) is 7.09. The molecular formula is C16H22N2OS. The Bertz CT molecular complexity index is 471. The summed E-state index contributed by atoms with van der Waals surface area (Å²) < 4.78 is 0. The monoisotopic (exact) mass is 290 g/mol. The van der Waals surface area contributed by atoms with Gasteiger partial charge in [-0.05, 0) is 36.1 Å². The first-order chi connectivity index (χ1) is 9.83. The van der Waals surface area contributed by atoms with Gasteiger partial charge in [0.2, 0.25) is 5.91 Å². The van der Waals surface area contributed by atoms with Crippen LogP contribution in [0.4, 0.5) is 0 Å². The predicted molar refractivity (Wildman–Crippen MR) is 83.9 cm³/mol. The number of hydrogen-bond donors (Lipinski definition) is 2. The zero-order valence-electron chi connectivity index (χ0n) is 11.7. The summed E-state index contributed by atoms with van der Waals surface area (Å²) in [6.07, 6.45) is 4.68. The number of benzene rings is 1. The Morgan fingerprint density at radius 3 is 2.95 bits per heavy atom. The number of carbonyl (C=O) groups is 1. The zero-order chi connectivity index (χ0) is 13.8. The minimum atomic E-state index is -0.0708. The van der Waals surface area contributed by atoms with Gasteiger partial charge in [-0.15, -0.1) is 0 Å². The summed E-state index contributed by atoms with van der Waals surface area (Å²) in [7, 11) is 0. The van der Waals surface area contributed by atoms with Gasteiger partial charge < -0.3 is 10.6 Å². The van der Waals surface area contributed by atoms with Crippen molar-refractivity contribution in [3.8, 4) is 0 Å². The maximum atomic E-state index is 12.3. The van der Waals surface area contributed by atoms with Crippen LogP contribution in [-0.4, -0.2) is 29.5 Å². The molecule has 0 radical (unpaired) electrons. The maximum absolute atomic E-state index is 12.3. The zero-order valence-corrected chi connectivity index (χ0v) is 12.5. The summed E-state index contributed by atoms with van der Waals surface area (Å²) in [5.74, 6) is 1.40. The van der Waals surface area contributed by atoms with Crippen molar-refractivity contribution in [3.05, 3.63) is 35.4 Å². The van der Waals surface area contributed by atoms with Crippen molar-refractivity contribution in [2.75, 3.05) is 12.3 Å². The second kappa shape index (κ2) is 6.64. The van der Waals surface area contributed by atoms with Crippen LogP contribution in [-0.2, 0) is 17.8 Å². The lowest BCUT2D eigenvalue weighted by molar-refractivity contribution is -0.123. The van der Waals surface area contributed by atoms with E-state index >= 15 is 0 Å². The number of nitrogens with one attached hydrogen (secondary N) is 2. The standard InChI is InChI=1S/C16H22N2OS/c19-16(18-11-14-7-3-4-8-20-14)15-9-12-5-1-2-6-13(12)10-17-15/h1-2,5-6,14-15,17H,3-4,7-11H2,(H,18,19)/t14?,15-/m0/s1. The maximum Gasteiger partial charge on any atom is 0.237 e. The summed E-state index contributed by atoms with van der Waals surface area (Å²) in [4.78, 5) is 12.3. The minimum Gasteiger partial charge on any atom is -0.354 e. The highest BCUT2D eigenvalue weighted by molar-refractivity contribution is 7.99. The van der Waals surface area contributed by atoms with E-state index in [4.69, 9.17) is 0 Å². The highest BCUT2D eigenvalue weighted by Crippen LogP contribution is 2.24. The predicted octanol–water partition coefficient (Wildman–Crippen LogP) is 2.10. The summed E-state index contributed by atoms with van der Waals surface area (Å²) in [6, 6.07) is 8.31. The molecule has 1 amide bonds. The van der Waals surface area contributed by atoms with E-state index in [0.29, 0.717) is 5.25 Å². The third-order valence-corrected chi connectivity index (χ3v) is 5.57. The van der Waals surface area contributed by atoms with Gasteiger partial charge in [0.1, 0.15) is 0 Å². The van der Waals surface area contributed by atoms with Crippen LogP contribution in [0.2, 0.25) is 0 Å². The summed E-state index contributed by atoms with van der Waals surface area (Å²) in [5.41, 5.74) is 2.62. The van der Waals surface area contributed by atoms with Crippen LogP contribution in [0.15, 0.2) is 24.3 Å². The molecule has 4 heteroatoms. The Kier molecular flexibility index (Phi) is 4.63. The SMILES string of the molecule is O=C(NCC1CCCCS1)[C@@H]1Cc2ccccc2CN1. The van der Waals surface area contributed by atoms with Crippen molar-refractivity contribution in [2.24, 2.45) is 0 Å². The molecule has 0 bridgehead atoms. The van der Waals surface area contributed by atoms with Crippen LogP contribution in [0.5, 0.6) is 0 Å². The second-order valence-corrected chi connectivity index (χ2v) is 7.05. The van der Waals surface area contributed by atoms with E-state index < -0.39 is 0 Å². The third kappa shape index (κ3) is 3.36. The first kappa shape index (κ1) is 14.0. The number of amides is 1. The number of hydrogen-bond acceptors (Lipinski definition) is 3. The fourth-order valence-corrected chi connectivity index (χ4v) is 4.18. The lowest BCUT2D eigenvalue weighted by Crippen LogP contribution is -2.49. The van der Waals surface area contributed by atoms with Gasteiger partial charge in [0, 0.05) is 18.3 Å². The van der Waals surface area contributed by atoms with E-state index in [1.165, 1.54) is 36.1 Å². The van der Waals surface area contributed by atoms with Crippen molar-refractivity contribution >= 4 is 17.7 Å². The number of carbonyl (C=O) groups excluding carboxylic acids is 1. The normalized spacial score (nSPS) is 25.8. The van der Waals surface area contributed by atoms with Crippen LogP contribution >= 0.6 is 11.8 Å². The van der Waals surface area contributed by atoms with Gasteiger partial charge in [0.15, 0.2) is 0 Å². The molecule has 0 aromatic heterocycles. The van der Waals surface area contributed by atoms with Crippen LogP contribution in [0, 0.1) is 0 Å². The second-order valence-electron chi connectivity index (χ2n) is 5.64. The van der Waals surface area contributed by atoms with E-state index in [0.717, 1.165) is 19.5 Å². The molecule has 20 heavy (non-hydrogen) atoms. The Morgan fingerprint density at radius 1 is 1.30 bits per heavy atom. The molecule has 1 aromatic carbocycles. The first-order valence-electron chi connectivity index (χ1n) is 7.52. The summed E-state index contributed by atoms with van der Waals surface area (Å²) >= 11 is 2.01. The Balaban J connectivity index is 1.51. The fourth-order valence-electron chi connectivity index (χ4n) is 2.95. The molecule has 108 valence electrons. The number of fused-ring (bicyclic) bond motifs is 1. The molecule has 1 fully saturated rings. The molecule has 3 rings (SSSR count). The van der Waals surface area contributed by atoms with E-state index in [1.807, 2.05) is 11.8 Å². The van der Waals surface area contributed by atoms with Crippen molar-refractivity contribution < 1.29 is 4.79 Å². The highest BCUT2D eigenvalue weighted by Gasteiger charge is 2.24. The largest absolute Gasteiger partial charge is 0.354 e. The van der Waals surface area contributed by atoms with Gasteiger partial charge in [-0.1, -0.05) is 30.7 Å². The van der Waals surface area contributed by atoms with Crippen LogP contribution in [0.25, 0.3) is 0 Å². The molecule has 2 heterocycles. The molecule has 1 aromatic rings. The molecule has 0 spiro atoms. The van der Waals surface area contributed by atoms with Crippen LogP contribution in [0.1, 0.15) is 30.4 Å². The Morgan fingerprint density at radius 2 is 2.15 bits per heavy atom. The molecule has 3 nitrogen and oxygen atoms in total. The molecule has 2 aliphatic heterocycles.